The average Bonchev–Trinajstić information content (AvgIpc) is 3.17. The number of benzene rings is 3. The molecule has 36 heavy (non-hydrogen) atoms. The zero-order valence-corrected chi connectivity index (χ0v) is 21.0. The standard InChI is InChI=1S/C31H33FN2O2/c1-22-29(19-23-7-11-26(12-8-23)31(35)36-2)28-5-3-4-6-30(28)34(22)21-25-15-17-33(18-16-25)20-24-9-13-27(32)14-10-24/h3-14,25H,15-21H2,1-2H3. The monoisotopic (exact) mass is 484 g/mol. The van der Waals surface area contributed by atoms with Crippen LogP contribution in [-0.2, 0) is 24.2 Å². The number of rotatable bonds is 7. The largest absolute Gasteiger partial charge is 0.465 e. The molecule has 186 valence electrons. The summed E-state index contributed by atoms with van der Waals surface area (Å²) in [6, 6.07) is 23.3. The van der Waals surface area contributed by atoms with Gasteiger partial charge in [-0.05, 0) is 92.2 Å². The van der Waals surface area contributed by atoms with Crippen LogP contribution < -0.4 is 0 Å². The number of likely N-dealkylation sites (tertiary alicyclic amines) is 1. The second kappa shape index (κ2) is 10.7. The number of esters is 1. The molecule has 5 rings (SSSR count). The van der Waals surface area contributed by atoms with Gasteiger partial charge in [0, 0.05) is 29.7 Å². The zero-order valence-electron chi connectivity index (χ0n) is 21.0. The lowest BCUT2D eigenvalue weighted by Crippen LogP contribution is -2.34. The van der Waals surface area contributed by atoms with Crippen molar-refractivity contribution in [3.05, 3.63) is 107 Å². The maximum Gasteiger partial charge on any atom is 0.337 e. The highest BCUT2D eigenvalue weighted by molar-refractivity contribution is 5.89. The van der Waals surface area contributed by atoms with Crippen LogP contribution in [0.4, 0.5) is 4.39 Å². The molecule has 0 N–H and O–H groups in total. The Morgan fingerprint density at radius 3 is 2.31 bits per heavy atom. The van der Waals surface area contributed by atoms with Crippen LogP contribution in [0.3, 0.4) is 0 Å². The minimum atomic E-state index is -0.307. The highest BCUT2D eigenvalue weighted by Crippen LogP contribution is 2.31. The number of hydrogen-bond acceptors (Lipinski definition) is 3. The summed E-state index contributed by atoms with van der Waals surface area (Å²) in [4.78, 5) is 14.3. The van der Waals surface area contributed by atoms with Gasteiger partial charge in [-0.25, -0.2) is 9.18 Å². The molecular formula is C31H33FN2O2. The Hall–Kier alpha value is -3.44. The fourth-order valence-electron chi connectivity index (χ4n) is 5.48. The lowest BCUT2D eigenvalue weighted by Gasteiger charge is -2.32. The van der Waals surface area contributed by atoms with Crippen molar-refractivity contribution in [3.8, 4) is 0 Å². The molecule has 1 fully saturated rings. The summed E-state index contributed by atoms with van der Waals surface area (Å²) in [5, 5.41) is 1.31. The first-order valence-corrected chi connectivity index (χ1v) is 12.7. The molecule has 1 aliphatic rings. The van der Waals surface area contributed by atoms with Gasteiger partial charge in [0.15, 0.2) is 0 Å². The van der Waals surface area contributed by atoms with E-state index in [-0.39, 0.29) is 11.8 Å². The maximum atomic E-state index is 13.2. The number of methoxy groups -OCH3 is 1. The fourth-order valence-corrected chi connectivity index (χ4v) is 5.48. The molecule has 1 aromatic heterocycles. The van der Waals surface area contributed by atoms with Crippen LogP contribution in [0.1, 0.15) is 45.6 Å². The molecule has 0 aliphatic carbocycles. The van der Waals surface area contributed by atoms with Gasteiger partial charge in [-0.15, -0.1) is 0 Å². The lowest BCUT2D eigenvalue weighted by molar-refractivity contribution is 0.0600. The summed E-state index contributed by atoms with van der Waals surface area (Å²) in [6.45, 7) is 6.29. The van der Waals surface area contributed by atoms with Crippen molar-refractivity contribution in [2.75, 3.05) is 20.2 Å². The van der Waals surface area contributed by atoms with Crippen LogP contribution >= 0.6 is 0 Å². The molecule has 0 unspecified atom stereocenters. The molecule has 5 heteroatoms. The second-order valence-electron chi connectivity index (χ2n) is 9.90. The normalized spacial score (nSPS) is 14.9. The van der Waals surface area contributed by atoms with E-state index in [1.165, 1.54) is 40.4 Å². The molecule has 0 saturated carbocycles. The zero-order chi connectivity index (χ0) is 25.1. The van der Waals surface area contributed by atoms with Gasteiger partial charge in [-0.3, -0.25) is 4.90 Å². The smallest absolute Gasteiger partial charge is 0.337 e. The van der Waals surface area contributed by atoms with Crippen LogP contribution in [-0.4, -0.2) is 35.6 Å². The molecule has 0 radical (unpaired) electrons. The Balaban J connectivity index is 1.29. The molecule has 0 amide bonds. The number of fused-ring (bicyclic) bond motifs is 1. The van der Waals surface area contributed by atoms with E-state index in [2.05, 4.69) is 40.7 Å². The quantitative estimate of drug-likeness (QED) is 0.286. The van der Waals surface area contributed by atoms with E-state index >= 15 is 0 Å². The SMILES string of the molecule is COC(=O)c1ccc(Cc2c(C)n(CC3CCN(Cc4ccc(F)cc4)CC3)c3ccccc23)cc1. The van der Waals surface area contributed by atoms with Crippen LogP contribution in [0.15, 0.2) is 72.8 Å². The molecule has 1 aliphatic heterocycles. The number of aromatic nitrogens is 1. The van der Waals surface area contributed by atoms with Gasteiger partial charge in [0.2, 0.25) is 0 Å². The van der Waals surface area contributed by atoms with Gasteiger partial charge < -0.3 is 9.30 Å². The van der Waals surface area contributed by atoms with Crippen molar-refractivity contribution in [1.82, 2.24) is 9.47 Å². The van der Waals surface area contributed by atoms with Gasteiger partial charge in [-0.2, -0.15) is 0 Å². The molecule has 1 saturated heterocycles. The molecular weight excluding hydrogens is 451 g/mol. The summed E-state index contributed by atoms with van der Waals surface area (Å²) in [5.41, 5.74) is 6.90. The van der Waals surface area contributed by atoms with Gasteiger partial charge in [0.05, 0.1) is 12.7 Å². The Kier molecular flexibility index (Phi) is 7.19. The number of piperidine rings is 1. The predicted octanol–water partition coefficient (Wildman–Crippen LogP) is 6.38. The summed E-state index contributed by atoms with van der Waals surface area (Å²) >= 11 is 0. The first-order chi connectivity index (χ1) is 17.5. The Morgan fingerprint density at radius 1 is 0.944 bits per heavy atom. The fraction of sp³-hybridized carbons (Fsp3) is 0.323. The summed E-state index contributed by atoms with van der Waals surface area (Å²) in [5.74, 6) is 0.151. The number of hydrogen-bond donors (Lipinski definition) is 0. The third-order valence-electron chi connectivity index (χ3n) is 7.58. The minimum absolute atomic E-state index is 0.177. The number of halogens is 1. The van der Waals surface area contributed by atoms with Crippen molar-refractivity contribution in [2.24, 2.45) is 5.92 Å². The Labute approximate surface area is 212 Å². The third-order valence-corrected chi connectivity index (χ3v) is 7.58. The van der Waals surface area contributed by atoms with E-state index in [1.807, 2.05) is 36.4 Å². The highest BCUT2D eigenvalue weighted by atomic mass is 19.1. The Morgan fingerprint density at radius 2 is 1.61 bits per heavy atom. The third kappa shape index (κ3) is 5.21. The highest BCUT2D eigenvalue weighted by Gasteiger charge is 2.22. The number of carbonyl (C=O) groups excluding carboxylic acids is 1. The van der Waals surface area contributed by atoms with Crippen LogP contribution in [0.5, 0.6) is 0 Å². The summed E-state index contributed by atoms with van der Waals surface area (Å²) in [6.07, 6.45) is 3.16. The van der Waals surface area contributed by atoms with Crippen molar-refractivity contribution in [3.63, 3.8) is 0 Å². The predicted molar refractivity (Wildman–Crippen MR) is 142 cm³/mol. The maximum absolute atomic E-state index is 13.2. The first-order valence-electron chi connectivity index (χ1n) is 12.7. The molecule has 4 nitrogen and oxygen atoms in total. The molecule has 0 spiro atoms. The average molecular weight is 485 g/mol. The van der Waals surface area contributed by atoms with E-state index in [0.717, 1.165) is 45.4 Å². The molecule has 4 aromatic rings. The van der Waals surface area contributed by atoms with Crippen molar-refractivity contribution in [1.29, 1.82) is 0 Å². The van der Waals surface area contributed by atoms with Gasteiger partial charge >= 0.3 is 5.97 Å². The Bertz CT molecular complexity index is 1330. The first kappa shape index (κ1) is 24.3. The van der Waals surface area contributed by atoms with Crippen molar-refractivity contribution in [2.45, 2.75) is 39.3 Å². The number of carbonyl (C=O) groups is 1. The molecule has 0 bridgehead atoms. The molecule has 3 aromatic carbocycles. The van der Waals surface area contributed by atoms with Crippen LogP contribution in [0, 0.1) is 18.7 Å². The van der Waals surface area contributed by atoms with Gasteiger partial charge in [0.1, 0.15) is 5.82 Å². The minimum Gasteiger partial charge on any atom is -0.465 e. The van der Waals surface area contributed by atoms with Crippen molar-refractivity contribution < 1.29 is 13.9 Å². The molecule has 2 heterocycles. The summed E-state index contributed by atoms with van der Waals surface area (Å²) in [7, 11) is 1.41. The number of nitrogens with zero attached hydrogens (tertiary/aromatic N) is 2. The van der Waals surface area contributed by atoms with Crippen LogP contribution in [0.2, 0.25) is 0 Å². The van der Waals surface area contributed by atoms with E-state index in [1.54, 1.807) is 12.1 Å². The van der Waals surface area contributed by atoms with E-state index < -0.39 is 0 Å². The van der Waals surface area contributed by atoms with E-state index in [9.17, 15) is 9.18 Å². The number of ether oxygens (including phenoxy) is 1. The summed E-state index contributed by atoms with van der Waals surface area (Å²) < 4.78 is 20.6. The van der Waals surface area contributed by atoms with Crippen LogP contribution in [0.25, 0.3) is 10.9 Å². The van der Waals surface area contributed by atoms with Gasteiger partial charge in [-0.1, -0.05) is 42.5 Å². The van der Waals surface area contributed by atoms with Crippen molar-refractivity contribution >= 4 is 16.9 Å². The number of para-hydroxylation sites is 1. The lowest BCUT2D eigenvalue weighted by atomic mass is 9.96. The topological polar surface area (TPSA) is 34.5 Å². The van der Waals surface area contributed by atoms with E-state index in [0.29, 0.717) is 11.5 Å². The second-order valence-corrected chi connectivity index (χ2v) is 9.90. The van der Waals surface area contributed by atoms with Gasteiger partial charge in [0.25, 0.3) is 0 Å². The van der Waals surface area contributed by atoms with E-state index in [4.69, 9.17) is 4.74 Å². The molecule has 0 atom stereocenters.